The summed E-state index contributed by atoms with van der Waals surface area (Å²) in [7, 11) is 0. The molecule has 98 valence electrons. The van der Waals surface area contributed by atoms with E-state index in [1.165, 1.54) is 0 Å². The summed E-state index contributed by atoms with van der Waals surface area (Å²) < 4.78 is 2.85. The van der Waals surface area contributed by atoms with Crippen molar-refractivity contribution in [1.29, 1.82) is 5.26 Å². The van der Waals surface area contributed by atoms with Crippen molar-refractivity contribution in [3.63, 3.8) is 0 Å². The Morgan fingerprint density at radius 3 is 3.05 bits per heavy atom. The molecule has 0 spiro atoms. The lowest BCUT2D eigenvalue weighted by molar-refractivity contribution is 0.672. The van der Waals surface area contributed by atoms with E-state index >= 15 is 0 Å². The molecule has 2 aromatic rings. The predicted molar refractivity (Wildman–Crippen MR) is 78.0 cm³/mol. The van der Waals surface area contributed by atoms with Gasteiger partial charge in [-0.05, 0) is 36.7 Å². The number of imidazole rings is 1. The zero-order chi connectivity index (χ0) is 13.7. The van der Waals surface area contributed by atoms with Crippen LogP contribution >= 0.6 is 15.9 Å². The Morgan fingerprint density at radius 2 is 2.32 bits per heavy atom. The van der Waals surface area contributed by atoms with Crippen LogP contribution in [0.15, 0.2) is 35.1 Å². The second-order valence-electron chi connectivity index (χ2n) is 4.18. The maximum Gasteiger partial charge on any atom is 0.217 e. The van der Waals surface area contributed by atoms with E-state index in [1.807, 2.05) is 22.9 Å². The fourth-order valence-electron chi connectivity index (χ4n) is 1.91. The van der Waals surface area contributed by atoms with E-state index < -0.39 is 0 Å². The number of benzene rings is 1. The molecule has 0 aliphatic carbocycles. The molecule has 0 saturated carbocycles. The summed E-state index contributed by atoms with van der Waals surface area (Å²) in [6, 6.07) is 8.14. The van der Waals surface area contributed by atoms with Crippen molar-refractivity contribution in [2.75, 3.05) is 6.54 Å². The average molecular weight is 319 g/mol. The molecule has 0 radical (unpaired) electrons. The summed E-state index contributed by atoms with van der Waals surface area (Å²) >= 11 is 3.49. The number of nitriles is 1. The molecule has 1 heterocycles. The lowest BCUT2D eigenvalue weighted by Crippen LogP contribution is -2.15. The van der Waals surface area contributed by atoms with Gasteiger partial charge in [0.2, 0.25) is 5.82 Å². The molecule has 0 bridgehead atoms. The zero-order valence-electron chi connectivity index (χ0n) is 10.7. The van der Waals surface area contributed by atoms with Crippen molar-refractivity contribution < 1.29 is 0 Å². The molecule has 4 nitrogen and oxygen atoms in total. The topological polar surface area (TPSA) is 53.6 Å². The van der Waals surface area contributed by atoms with Crippen LogP contribution in [-0.2, 0) is 6.54 Å². The molecule has 0 atom stereocenters. The Balaban J connectivity index is 2.37. The normalized spacial score (nSPS) is 10.4. The summed E-state index contributed by atoms with van der Waals surface area (Å²) in [4.78, 5) is 4.04. The molecule has 0 fully saturated rings. The maximum atomic E-state index is 9.07. The number of rotatable bonds is 5. The summed E-state index contributed by atoms with van der Waals surface area (Å²) in [5.74, 6) is 0.402. The highest BCUT2D eigenvalue weighted by Gasteiger charge is 2.09. The van der Waals surface area contributed by atoms with Gasteiger partial charge in [-0.15, -0.1) is 0 Å². The van der Waals surface area contributed by atoms with Gasteiger partial charge in [-0.25, -0.2) is 4.98 Å². The molecule has 0 aliphatic heterocycles. The molecule has 0 amide bonds. The van der Waals surface area contributed by atoms with Gasteiger partial charge in [-0.1, -0.05) is 22.9 Å². The van der Waals surface area contributed by atoms with Crippen LogP contribution in [-0.4, -0.2) is 16.1 Å². The second kappa shape index (κ2) is 6.50. The molecule has 0 unspecified atom stereocenters. The van der Waals surface area contributed by atoms with Crippen LogP contribution in [0.2, 0.25) is 0 Å². The molecule has 1 aromatic carbocycles. The Bertz CT molecular complexity index is 598. The third kappa shape index (κ3) is 3.22. The van der Waals surface area contributed by atoms with Crippen LogP contribution < -0.4 is 5.32 Å². The number of nitrogens with zero attached hydrogens (tertiary/aromatic N) is 3. The smallest absolute Gasteiger partial charge is 0.217 e. The number of hydrogen-bond acceptors (Lipinski definition) is 3. The lowest BCUT2D eigenvalue weighted by atomic mass is 10.1. The first-order valence-corrected chi connectivity index (χ1v) is 6.98. The zero-order valence-corrected chi connectivity index (χ0v) is 12.3. The van der Waals surface area contributed by atoms with E-state index in [-0.39, 0.29) is 0 Å². The highest BCUT2D eigenvalue weighted by molar-refractivity contribution is 9.10. The Kier molecular flexibility index (Phi) is 4.72. The van der Waals surface area contributed by atoms with Crippen molar-refractivity contribution in [2.24, 2.45) is 0 Å². The van der Waals surface area contributed by atoms with E-state index in [0.29, 0.717) is 5.82 Å². The number of aromatic nitrogens is 2. The molecule has 19 heavy (non-hydrogen) atoms. The minimum atomic E-state index is 0.402. The van der Waals surface area contributed by atoms with Gasteiger partial charge in [0.15, 0.2) is 0 Å². The van der Waals surface area contributed by atoms with Gasteiger partial charge in [-0.3, -0.25) is 4.57 Å². The van der Waals surface area contributed by atoms with E-state index in [0.717, 1.165) is 35.2 Å². The molecule has 1 N–H and O–H groups in total. The summed E-state index contributed by atoms with van der Waals surface area (Å²) in [6.45, 7) is 3.88. The highest BCUT2D eigenvalue weighted by Crippen LogP contribution is 2.21. The van der Waals surface area contributed by atoms with Crippen LogP contribution in [0.4, 0.5) is 0 Å². The third-order valence-corrected chi connectivity index (χ3v) is 3.28. The van der Waals surface area contributed by atoms with Gasteiger partial charge < -0.3 is 5.32 Å². The summed E-state index contributed by atoms with van der Waals surface area (Å²) in [5.41, 5.74) is 2.12. The molecule has 0 aliphatic rings. The summed E-state index contributed by atoms with van der Waals surface area (Å²) in [6.07, 6.45) is 4.55. The molecule has 1 aromatic heterocycles. The average Bonchev–Trinajstić information content (AvgIpc) is 2.87. The number of nitrogens with one attached hydrogen (secondary N) is 1. The van der Waals surface area contributed by atoms with E-state index in [1.54, 1.807) is 6.20 Å². The third-order valence-electron chi connectivity index (χ3n) is 2.78. The first-order valence-electron chi connectivity index (χ1n) is 6.19. The van der Waals surface area contributed by atoms with E-state index in [4.69, 9.17) is 5.26 Å². The van der Waals surface area contributed by atoms with Crippen molar-refractivity contribution in [3.05, 3.63) is 46.5 Å². The van der Waals surface area contributed by atoms with Gasteiger partial charge in [0.25, 0.3) is 0 Å². The lowest BCUT2D eigenvalue weighted by Gasteiger charge is -2.12. The molecule has 2 rings (SSSR count). The molecular formula is C14H15BrN4. The minimum Gasteiger partial charge on any atom is -0.313 e. The van der Waals surface area contributed by atoms with Gasteiger partial charge in [0.05, 0.1) is 5.69 Å². The molecule has 5 heteroatoms. The SMILES string of the molecule is CCCNCc1cc(Br)ccc1-n1ccnc1C#N. The first kappa shape index (κ1) is 13.8. The molecular weight excluding hydrogens is 304 g/mol. The number of hydrogen-bond donors (Lipinski definition) is 1. The van der Waals surface area contributed by atoms with Crippen LogP contribution in [0, 0.1) is 11.3 Å². The quantitative estimate of drug-likeness (QED) is 0.862. The standard InChI is InChI=1S/C14H15BrN4/c1-2-5-17-10-11-8-12(15)3-4-13(11)19-7-6-18-14(19)9-16/h3-4,6-8,17H,2,5,10H2,1H3. The Morgan fingerprint density at radius 1 is 1.47 bits per heavy atom. The van der Waals surface area contributed by atoms with Gasteiger partial charge in [0, 0.05) is 23.4 Å². The van der Waals surface area contributed by atoms with E-state index in [2.05, 4.69) is 45.3 Å². The first-order chi connectivity index (χ1) is 9.26. The van der Waals surface area contributed by atoms with Crippen LogP contribution in [0.25, 0.3) is 5.69 Å². The van der Waals surface area contributed by atoms with Crippen molar-refractivity contribution in [2.45, 2.75) is 19.9 Å². The summed E-state index contributed by atoms with van der Waals surface area (Å²) in [5, 5.41) is 12.5. The highest BCUT2D eigenvalue weighted by atomic mass is 79.9. The van der Waals surface area contributed by atoms with Crippen LogP contribution in [0.5, 0.6) is 0 Å². The largest absolute Gasteiger partial charge is 0.313 e. The Labute approximate surface area is 121 Å². The Hall–Kier alpha value is -1.64. The van der Waals surface area contributed by atoms with Crippen molar-refractivity contribution >= 4 is 15.9 Å². The van der Waals surface area contributed by atoms with Crippen molar-refractivity contribution in [1.82, 2.24) is 14.9 Å². The monoisotopic (exact) mass is 318 g/mol. The maximum absolute atomic E-state index is 9.07. The van der Waals surface area contributed by atoms with Crippen LogP contribution in [0.3, 0.4) is 0 Å². The van der Waals surface area contributed by atoms with Gasteiger partial charge in [0.1, 0.15) is 6.07 Å². The van der Waals surface area contributed by atoms with Gasteiger partial charge >= 0.3 is 0 Å². The minimum absolute atomic E-state index is 0.402. The number of halogens is 1. The van der Waals surface area contributed by atoms with Gasteiger partial charge in [-0.2, -0.15) is 5.26 Å². The van der Waals surface area contributed by atoms with Crippen molar-refractivity contribution in [3.8, 4) is 11.8 Å². The molecule has 0 saturated heterocycles. The second-order valence-corrected chi connectivity index (χ2v) is 5.10. The van der Waals surface area contributed by atoms with E-state index in [9.17, 15) is 0 Å². The van der Waals surface area contributed by atoms with Crippen LogP contribution in [0.1, 0.15) is 24.7 Å². The fourth-order valence-corrected chi connectivity index (χ4v) is 2.32. The fraction of sp³-hybridized carbons (Fsp3) is 0.286. The predicted octanol–water partition coefficient (Wildman–Crippen LogP) is 3.01.